The van der Waals surface area contributed by atoms with Gasteiger partial charge in [-0.25, -0.2) is 0 Å². The molecule has 0 saturated carbocycles. The first-order chi connectivity index (χ1) is 12.6. The number of aromatic nitrogens is 1. The molecule has 0 radical (unpaired) electrons. The second-order valence-corrected chi connectivity index (χ2v) is 6.84. The summed E-state index contributed by atoms with van der Waals surface area (Å²) in [7, 11) is 1.63. The fraction of sp³-hybridized carbons (Fsp3) is 0.100. The zero-order chi connectivity index (χ0) is 18.5. The van der Waals surface area contributed by atoms with Crippen LogP contribution in [0.2, 0.25) is 5.02 Å². The van der Waals surface area contributed by atoms with Crippen molar-refractivity contribution in [1.82, 2.24) is 4.57 Å². The summed E-state index contributed by atoms with van der Waals surface area (Å²) in [5.41, 5.74) is 1.76. The van der Waals surface area contributed by atoms with Gasteiger partial charge >= 0.3 is 0 Å². The van der Waals surface area contributed by atoms with Gasteiger partial charge in [-0.2, -0.15) is 4.99 Å². The zero-order valence-electron chi connectivity index (χ0n) is 14.2. The number of rotatable bonds is 5. The molecule has 0 unspecified atom stereocenters. The number of hydrogen-bond acceptors (Lipinski definition) is 3. The predicted molar refractivity (Wildman–Crippen MR) is 108 cm³/mol. The average Bonchev–Trinajstić information content (AvgIpc) is 2.97. The summed E-state index contributed by atoms with van der Waals surface area (Å²) in [6, 6.07) is 13.1. The van der Waals surface area contributed by atoms with Crippen molar-refractivity contribution in [2.24, 2.45) is 4.99 Å². The minimum absolute atomic E-state index is 0.346. The number of carbonyl (C=O) groups is 1. The fourth-order valence-electron chi connectivity index (χ4n) is 2.47. The van der Waals surface area contributed by atoms with Crippen molar-refractivity contribution < 1.29 is 9.53 Å². The lowest BCUT2D eigenvalue weighted by Gasteiger charge is -2.02. The largest absolute Gasteiger partial charge is 0.497 e. The van der Waals surface area contributed by atoms with Gasteiger partial charge in [0.2, 0.25) is 0 Å². The molecule has 3 aromatic rings. The van der Waals surface area contributed by atoms with E-state index in [1.807, 2.05) is 41.0 Å². The number of ether oxygens (including phenoxy) is 1. The Morgan fingerprint density at radius 3 is 2.88 bits per heavy atom. The second kappa shape index (κ2) is 8.17. The first kappa shape index (κ1) is 18.2. The first-order valence-electron chi connectivity index (χ1n) is 7.92. The van der Waals surface area contributed by atoms with Gasteiger partial charge in [-0.05, 0) is 35.9 Å². The van der Waals surface area contributed by atoms with Crippen molar-refractivity contribution in [2.75, 3.05) is 7.11 Å². The summed E-state index contributed by atoms with van der Waals surface area (Å²) in [6.45, 7) is 4.35. The van der Waals surface area contributed by atoms with Crippen LogP contribution in [-0.4, -0.2) is 17.6 Å². The minimum atomic E-state index is -0.346. The Bertz CT molecular complexity index is 1060. The van der Waals surface area contributed by atoms with Gasteiger partial charge in [-0.3, -0.25) is 4.79 Å². The molecule has 4 nitrogen and oxygen atoms in total. The van der Waals surface area contributed by atoms with Crippen molar-refractivity contribution in [1.29, 1.82) is 0 Å². The summed E-state index contributed by atoms with van der Waals surface area (Å²) < 4.78 is 8.21. The van der Waals surface area contributed by atoms with Crippen LogP contribution in [-0.2, 0) is 11.3 Å². The molecule has 0 N–H and O–H groups in total. The third-order valence-electron chi connectivity index (χ3n) is 3.72. The van der Waals surface area contributed by atoms with E-state index in [1.54, 1.807) is 25.3 Å². The molecule has 6 heteroatoms. The Balaban J connectivity index is 2.00. The molecule has 1 amide bonds. The maximum atomic E-state index is 12.3. The summed E-state index contributed by atoms with van der Waals surface area (Å²) >= 11 is 7.53. The molecule has 0 spiro atoms. The summed E-state index contributed by atoms with van der Waals surface area (Å²) in [5, 5.41) is 0.590. The van der Waals surface area contributed by atoms with Gasteiger partial charge in [0.05, 0.1) is 17.3 Å². The van der Waals surface area contributed by atoms with Crippen LogP contribution in [0.3, 0.4) is 0 Å². The molecule has 0 aliphatic heterocycles. The number of benzene rings is 2. The molecular formula is C20H17ClN2O2S. The van der Waals surface area contributed by atoms with E-state index < -0.39 is 0 Å². The van der Waals surface area contributed by atoms with E-state index in [0.29, 0.717) is 16.4 Å². The topological polar surface area (TPSA) is 43.6 Å². The Labute approximate surface area is 160 Å². The van der Waals surface area contributed by atoms with Gasteiger partial charge in [-0.15, -0.1) is 6.58 Å². The number of methoxy groups -OCH3 is 1. The predicted octanol–water partition coefficient (Wildman–Crippen LogP) is 4.69. The Hall–Kier alpha value is -2.63. The third-order valence-corrected chi connectivity index (χ3v) is 5.10. The Morgan fingerprint density at radius 1 is 1.35 bits per heavy atom. The van der Waals surface area contributed by atoms with E-state index in [-0.39, 0.29) is 5.91 Å². The maximum absolute atomic E-state index is 12.3. The maximum Gasteiger partial charge on any atom is 0.272 e. The molecule has 1 aromatic heterocycles. The zero-order valence-corrected chi connectivity index (χ0v) is 15.8. The number of halogens is 1. The Morgan fingerprint density at radius 2 is 2.15 bits per heavy atom. The van der Waals surface area contributed by atoms with E-state index >= 15 is 0 Å². The van der Waals surface area contributed by atoms with Crippen molar-refractivity contribution in [3.05, 3.63) is 76.6 Å². The van der Waals surface area contributed by atoms with Crippen LogP contribution in [0.1, 0.15) is 5.56 Å². The van der Waals surface area contributed by atoms with Crippen LogP contribution < -0.4 is 9.54 Å². The minimum Gasteiger partial charge on any atom is -0.497 e. The highest BCUT2D eigenvalue weighted by molar-refractivity contribution is 7.16. The normalized spacial score (nSPS) is 12.0. The van der Waals surface area contributed by atoms with Crippen molar-refractivity contribution in [2.45, 2.75) is 6.54 Å². The number of allylic oxidation sites excluding steroid dienone is 1. The molecule has 0 aliphatic rings. The monoisotopic (exact) mass is 384 g/mol. The fourth-order valence-corrected chi connectivity index (χ4v) is 3.75. The highest BCUT2D eigenvalue weighted by atomic mass is 35.5. The molecule has 132 valence electrons. The molecular weight excluding hydrogens is 368 g/mol. The summed E-state index contributed by atoms with van der Waals surface area (Å²) in [4.78, 5) is 17.2. The highest BCUT2D eigenvalue weighted by Gasteiger charge is 2.07. The number of amides is 1. The average molecular weight is 385 g/mol. The van der Waals surface area contributed by atoms with E-state index in [4.69, 9.17) is 16.3 Å². The van der Waals surface area contributed by atoms with E-state index in [2.05, 4.69) is 11.6 Å². The van der Waals surface area contributed by atoms with Gasteiger partial charge < -0.3 is 9.30 Å². The summed E-state index contributed by atoms with van der Waals surface area (Å²) in [5.74, 6) is 0.419. The first-order valence-corrected chi connectivity index (χ1v) is 9.11. The molecule has 0 fully saturated rings. The summed E-state index contributed by atoms with van der Waals surface area (Å²) in [6.07, 6.45) is 4.87. The van der Waals surface area contributed by atoms with Crippen LogP contribution in [0.25, 0.3) is 16.3 Å². The smallest absolute Gasteiger partial charge is 0.272 e. The SMILES string of the molecule is C=CCn1c(=NC(=O)/C=C/c2ccccc2Cl)sc2cc(OC)ccc21. The van der Waals surface area contributed by atoms with Crippen molar-refractivity contribution in [3.63, 3.8) is 0 Å². The molecule has 0 saturated heterocycles. The van der Waals surface area contributed by atoms with Crippen LogP contribution in [0.5, 0.6) is 5.75 Å². The number of fused-ring (bicyclic) bond motifs is 1. The number of nitrogens with zero attached hydrogens (tertiary/aromatic N) is 2. The standard InChI is InChI=1S/C20H17ClN2O2S/c1-3-12-23-17-10-9-15(25-2)13-18(17)26-20(23)22-19(24)11-8-14-6-4-5-7-16(14)21/h3-11,13H,1,12H2,2H3/b11-8+,22-20?. The number of thiazole rings is 1. The van der Waals surface area contributed by atoms with Crippen molar-refractivity contribution >= 4 is 45.1 Å². The number of carbonyl (C=O) groups excluding carboxylic acids is 1. The molecule has 2 aromatic carbocycles. The van der Waals surface area contributed by atoms with Crippen LogP contribution in [0.4, 0.5) is 0 Å². The molecule has 26 heavy (non-hydrogen) atoms. The van der Waals surface area contributed by atoms with Gasteiger partial charge in [0.15, 0.2) is 4.80 Å². The van der Waals surface area contributed by atoms with Crippen LogP contribution >= 0.6 is 22.9 Å². The van der Waals surface area contributed by atoms with Crippen LogP contribution in [0, 0.1) is 0 Å². The van der Waals surface area contributed by atoms with Gasteiger partial charge in [0, 0.05) is 17.6 Å². The van der Waals surface area contributed by atoms with Gasteiger partial charge in [0.25, 0.3) is 5.91 Å². The lowest BCUT2D eigenvalue weighted by Crippen LogP contribution is -2.15. The van der Waals surface area contributed by atoms with E-state index in [1.165, 1.54) is 17.4 Å². The lowest BCUT2D eigenvalue weighted by molar-refractivity contribution is -0.113. The Kier molecular flexibility index (Phi) is 5.71. The molecule has 0 atom stereocenters. The molecule has 0 bridgehead atoms. The highest BCUT2D eigenvalue weighted by Crippen LogP contribution is 2.23. The molecule has 0 aliphatic carbocycles. The van der Waals surface area contributed by atoms with Gasteiger partial charge in [-0.1, -0.05) is 47.2 Å². The van der Waals surface area contributed by atoms with Gasteiger partial charge in [0.1, 0.15) is 5.75 Å². The molecule has 3 rings (SSSR count). The van der Waals surface area contributed by atoms with E-state index in [0.717, 1.165) is 21.5 Å². The van der Waals surface area contributed by atoms with Crippen molar-refractivity contribution in [3.8, 4) is 5.75 Å². The second-order valence-electron chi connectivity index (χ2n) is 5.42. The number of hydrogen-bond donors (Lipinski definition) is 0. The van der Waals surface area contributed by atoms with E-state index in [9.17, 15) is 4.79 Å². The third kappa shape index (κ3) is 3.95. The molecule has 1 heterocycles. The van der Waals surface area contributed by atoms with Crippen LogP contribution in [0.15, 0.2) is 66.2 Å². The lowest BCUT2D eigenvalue weighted by atomic mass is 10.2. The quantitative estimate of drug-likeness (QED) is 0.473.